The maximum absolute atomic E-state index is 11.7. The fourth-order valence-electron chi connectivity index (χ4n) is 2.10. The number of ether oxygens (including phenoxy) is 2. The lowest BCUT2D eigenvalue weighted by molar-refractivity contribution is 0.236. The Morgan fingerprint density at radius 2 is 1.79 bits per heavy atom. The minimum absolute atomic E-state index is 0.198. The molecule has 24 heavy (non-hydrogen) atoms. The molecule has 0 saturated heterocycles. The van der Waals surface area contributed by atoms with Crippen molar-refractivity contribution in [2.45, 2.75) is 6.42 Å². The smallest absolute Gasteiger partial charge is 0.314 e. The molecule has 0 heterocycles. The maximum atomic E-state index is 11.7. The fraction of sp³-hybridized carbons (Fsp3) is 0.278. The van der Waals surface area contributed by atoms with Crippen molar-refractivity contribution in [3.05, 3.63) is 58.6 Å². The normalized spacial score (nSPS) is 10.1. The van der Waals surface area contributed by atoms with Gasteiger partial charge in [-0.2, -0.15) is 0 Å². The van der Waals surface area contributed by atoms with E-state index in [1.165, 1.54) is 0 Å². The highest BCUT2D eigenvalue weighted by molar-refractivity contribution is 9.10. The molecule has 2 aromatic carbocycles. The number of methoxy groups -OCH3 is 1. The number of amides is 2. The zero-order chi connectivity index (χ0) is 17.2. The third-order valence-corrected chi connectivity index (χ3v) is 3.78. The summed E-state index contributed by atoms with van der Waals surface area (Å²) < 4.78 is 11.7. The molecule has 0 aliphatic carbocycles. The Morgan fingerprint density at radius 3 is 2.58 bits per heavy atom. The van der Waals surface area contributed by atoms with Gasteiger partial charge in [-0.05, 0) is 42.3 Å². The summed E-state index contributed by atoms with van der Waals surface area (Å²) in [5.74, 6) is 1.59. The van der Waals surface area contributed by atoms with Crippen molar-refractivity contribution in [2.75, 3.05) is 26.8 Å². The highest BCUT2D eigenvalue weighted by atomic mass is 79.9. The third kappa shape index (κ3) is 6.50. The van der Waals surface area contributed by atoms with Crippen LogP contribution in [0, 0.1) is 0 Å². The quantitative estimate of drug-likeness (QED) is 0.676. The molecular weight excluding hydrogens is 372 g/mol. The van der Waals surface area contributed by atoms with E-state index in [2.05, 4.69) is 26.6 Å². The Balaban J connectivity index is 1.59. The van der Waals surface area contributed by atoms with Gasteiger partial charge >= 0.3 is 6.03 Å². The number of urea groups is 1. The first-order chi connectivity index (χ1) is 11.7. The maximum Gasteiger partial charge on any atom is 0.314 e. The predicted molar refractivity (Wildman–Crippen MR) is 97.7 cm³/mol. The molecule has 0 fully saturated rings. The van der Waals surface area contributed by atoms with E-state index < -0.39 is 0 Å². The van der Waals surface area contributed by atoms with E-state index in [4.69, 9.17) is 9.47 Å². The molecule has 0 bridgehead atoms. The average molecular weight is 393 g/mol. The molecule has 5 nitrogen and oxygen atoms in total. The molecular formula is C18H21BrN2O3. The molecule has 6 heteroatoms. The standard InChI is InChI=1S/C18H21BrN2O3/c1-23-16-6-2-4-14(12-16)8-9-20-18(22)21-10-11-24-17-7-3-5-15(19)13-17/h2-7,12-13H,8-11H2,1H3,(H2,20,21,22). The Labute approximate surface area is 150 Å². The number of hydrogen-bond acceptors (Lipinski definition) is 3. The van der Waals surface area contributed by atoms with E-state index >= 15 is 0 Å². The number of carbonyl (C=O) groups is 1. The van der Waals surface area contributed by atoms with Crippen LogP contribution in [0.25, 0.3) is 0 Å². The largest absolute Gasteiger partial charge is 0.497 e. The second-order valence-electron chi connectivity index (χ2n) is 5.09. The molecule has 0 atom stereocenters. The summed E-state index contributed by atoms with van der Waals surface area (Å²) in [4.78, 5) is 11.7. The fourth-order valence-corrected chi connectivity index (χ4v) is 2.48. The molecule has 2 rings (SSSR count). The number of hydrogen-bond donors (Lipinski definition) is 2. The Kier molecular flexibility index (Phi) is 7.42. The van der Waals surface area contributed by atoms with Crippen molar-refractivity contribution < 1.29 is 14.3 Å². The highest BCUT2D eigenvalue weighted by Gasteiger charge is 2.01. The van der Waals surface area contributed by atoms with Crippen LogP contribution in [-0.4, -0.2) is 32.8 Å². The topological polar surface area (TPSA) is 59.6 Å². The molecule has 2 amide bonds. The highest BCUT2D eigenvalue weighted by Crippen LogP contribution is 2.17. The van der Waals surface area contributed by atoms with Crippen LogP contribution in [0.4, 0.5) is 4.79 Å². The molecule has 0 unspecified atom stereocenters. The molecule has 0 spiro atoms. The van der Waals surface area contributed by atoms with Gasteiger partial charge in [0.25, 0.3) is 0 Å². The van der Waals surface area contributed by atoms with Crippen molar-refractivity contribution in [3.63, 3.8) is 0 Å². The molecule has 0 aliphatic rings. The van der Waals surface area contributed by atoms with E-state index in [9.17, 15) is 4.79 Å². The summed E-state index contributed by atoms with van der Waals surface area (Å²) >= 11 is 3.38. The van der Waals surface area contributed by atoms with Crippen LogP contribution in [-0.2, 0) is 6.42 Å². The molecule has 0 aliphatic heterocycles. The van der Waals surface area contributed by atoms with E-state index in [-0.39, 0.29) is 6.03 Å². The molecule has 0 radical (unpaired) electrons. The number of nitrogens with one attached hydrogen (secondary N) is 2. The van der Waals surface area contributed by atoms with Crippen LogP contribution in [0.2, 0.25) is 0 Å². The molecule has 0 saturated carbocycles. The summed E-state index contributed by atoms with van der Waals surface area (Å²) in [7, 11) is 1.64. The first kappa shape index (κ1) is 18.1. The van der Waals surface area contributed by atoms with E-state index in [1.807, 2.05) is 48.5 Å². The zero-order valence-electron chi connectivity index (χ0n) is 13.5. The second-order valence-corrected chi connectivity index (χ2v) is 6.01. The summed E-state index contributed by atoms with van der Waals surface area (Å²) in [5.41, 5.74) is 1.12. The summed E-state index contributed by atoms with van der Waals surface area (Å²) in [5, 5.41) is 5.59. The SMILES string of the molecule is COc1cccc(CCNC(=O)NCCOc2cccc(Br)c2)c1. The van der Waals surface area contributed by atoms with Crippen LogP contribution in [0.5, 0.6) is 11.5 Å². The summed E-state index contributed by atoms with van der Waals surface area (Å²) in [6, 6.07) is 15.2. The van der Waals surface area contributed by atoms with Gasteiger partial charge in [-0.3, -0.25) is 0 Å². The van der Waals surface area contributed by atoms with Gasteiger partial charge < -0.3 is 20.1 Å². The van der Waals surface area contributed by atoms with Gasteiger partial charge in [0.1, 0.15) is 18.1 Å². The third-order valence-electron chi connectivity index (χ3n) is 3.29. The van der Waals surface area contributed by atoms with E-state index in [1.54, 1.807) is 7.11 Å². The summed E-state index contributed by atoms with van der Waals surface area (Å²) in [6.45, 7) is 1.42. The molecule has 128 valence electrons. The van der Waals surface area contributed by atoms with Crippen molar-refractivity contribution >= 4 is 22.0 Å². The minimum atomic E-state index is -0.198. The number of rotatable bonds is 8. The number of halogens is 1. The van der Waals surface area contributed by atoms with Gasteiger partial charge in [0.2, 0.25) is 0 Å². The minimum Gasteiger partial charge on any atom is -0.497 e. The van der Waals surface area contributed by atoms with E-state index in [0.717, 1.165) is 28.0 Å². The van der Waals surface area contributed by atoms with Crippen LogP contribution in [0.1, 0.15) is 5.56 Å². The van der Waals surface area contributed by atoms with Crippen molar-refractivity contribution in [1.29, 1.82) is 0 Å². The first-order valence-corrected chi connectivity index (χ1v) is 8.49. The Morgan fingerprint density at radius 1 is 1.04 bits per heavy atom. The first-order valence-electron chi connectivity index (χ1n) is 7.70. The zero-order valence-corrected chi connectivity index (χ0v) is 15.1. The monoisotopic (exact) mass is 392 g/mol. The van der Waals surface area contributed by atoms with Gasteiger partial charge in [-0.15, -0.1) is 0 Å². The predicted octanol–water partition coefficient (Wildman–Crippen LogP) is 3.38. The lowest BCUT2D eigenvalue weighted by Gasteiger charge is -2.09. The molecule has 2 N–H and O–H groups in total. The van der Waals surface area contributed by atoms with Gasteiger partial charge in [0.05, 0.1) is 13.7 Å². The van der Waals surface area contributed by atoms with Crippen LogP contribution >= 0.6 is 15.9 Å². The molecule has 0 aromatic heterocycles. The van der Waals surface area contributed by atoms with Crippen LogP contribution in [0.3, 0.4) is 0 Å². The number of benzene rings is 2. The van der Waals surface area contributed by atoms with E-state index in [0.29, 0.717) is 19.7 Å². The van der Waals surface area contributed by atoms with Crippen LogP contribution < -0.4 is 20.1 Å². The van der Waals surface area contributed by atoms with Crippen molar-refractivity contribution in [3.8, 4) is 11.5 Å². The van der Waals surface area contributed by atoms with Gasteiger partial charge in [-0.25, -0.2) is 4.79 Å². The van der Waals surface area contributed by atoms with Gasteiger partial charge in [-0.1, -0.05) is 34.1 Å². The number of carbonyl (C=O) groups excluding carboxylic acids is 1. The lowest BCUT2D eigenvalue weighted by atomic mass is 10.1. The Hall–Kier alpha value is -2.21. The Bertz CT molecular complexity index is 664. The summed E-state index contributed by atoms with van der Waals surface area (Å²) in [6.07, 6.45) is 0.749. The van der Waals surface area contributed by atoms with Crippen molar-refractivity contribution in [2.24, 2.45) is 0 Å². The second kappa shape index (κ2) is 9.82. The lowest BCUT2D eigenvalue weighted by Crippen LogP contribution is -2.38. The van der Waals surface area contributed by atoms with Crippen LogP contribution in [0.15, 0.2) is 53.0 Å². The van der Waals surface area contributed by atoms with Gasteiger partial charge in [0, 0.05) is 11.0 Å². The van der Waals surface area contributed by atoms with Crippen molar-refractivity contribution in [1.82, 2.24) is 10.6 Å². The average Bonchev–Trinajstić information content (AvgIpc) is 2.59. The molecule has 2 aromatic rings. The van der Waals surface area contributed by atoms with Gasteiger partial charge in [0.15, 0.2) is 0 Å².